The second-order valence-corrected chi connectivity index (χ2v) is 2.42. The van der Waals surface area contributed by atoms with Gasteiger partial charge in [0.1, 0.15) is 5.82 Å². The first-order valence-corrected chi connectivity index (χ1v) is 3.44. The highest BCUT2D eigenvalue weighted by Gasteiger charge is 2.00. The molecule has 0 fully saturated rings. The van der Waals surface area contributed by atoms with E-state index < -0.39 is 0 Å². The van der Waals surface area contributed by atoms with Crippen LogP contribution in [0.1, 0.15) is 12.2 Å². The number of imidazole rings is 1. The summed E-state index contributed by atoms with van der Waals surface area (Å²) in [5.41, 5.74) is 4.98. The number of aryl methyl sites for hydroxylation is 2. The van der Waals surface area contributed by atoms with Gasteiger partial charge in [-0.1, -0.05) is 0 Å². The van der Waals surface area contributed by atoms with Crippen LogP contribution in [0, 0.1) is 0 Å². The summed E-state index contributed by atoms with van der Waals surface area (Å²) >= 11 is 0. The standard InChI is InChI=1S/C7H11N3O/c1-10-5-4-9-7(10)3-2-6(8)11/h4-5H,2-3H2,1H3,(H2,8,11). The van der Waals surface area contributed by atoms with Crippen molar-refractivity contribution in [3.63, 3.8) is 0 Å². The molecule has 0 spiro atoms. The number of hydrogen-bond donors (Lipinski definition) is 1. The Bertz CT molecular complexity index is 254. The molecule has 0 atom stereocenters. The Balaban J connectivity index is 2.51. The lowest BCUT2D eigenvalue weighted by Crippen LogP contribution is -2.12. The predicted molar refractivity (Wildman–Crippen MR) is 40.7 cm³/mol. The summed E-state index contributed by atoms with van der Waals surface area (Å²) in [4.78, 5) is 14.4. The maximum Gasteiger partial charge on any atom is 0.217 e. The Morgan fingerprint density at radius 3 is 3.00 bits per heavy atom. The molecule has 11 heavy (non-hydrogen) atoms. The molecule has 4 heteroatoms. The Labute approximate surface area is 65.0 Å². The maximum absolute atomic E-state index is 10.4. The van der Waals surface area contributed by atoms with Crippen LogP contribution >= 0.6 is 0 Å². The summed E-state index contributed by atoms with van der Waals surface area (Å²) in [6.07, 6.45) is 4.54. The topological polar surface area (TPSA) is 60.9 Å². The highest BCUT2D eigenvalue weighted by Crippen LogP contribution is 1.97. The number of hydrogen-bond acceptors (Lipinski definition) is 2. The molecule has 0 bridgehead atoms. The Morgan fingerprint density at radius 2 is 2.55 bits per heavy atom. The second kappa shape index (κ2) is 3.18. The fourth-order valence-corrected chi connectivity index (χ4v) is 0.872. The van der Waals surface area contributed by atoms with Gasteiger partial charge in [-0.2, -0.15) is 0 Å². The third-order valence-corrected chi connectivity index (χ3v) is 1.52. The number of nitrogens with zero attached hydrogens (tertiary/aromatic N) is 2. The number of aromatic nitrogens is 2. The van der Waals surface area contributed by atoms with Crippen molar-refractivity contribution in [2.24, 2.45) is 12.8 Å². The van der Waals surface area contributed by atoms with Crippen LogP contribution in [0.15, 0.2) is 12.4 Å². The summed E-state index contributed by atoms with van der Waals surface area (Å²) in [5.74, 6) is 0.608. The van der Waals surface area contributed by atoms with Gasteiger partial charge in [-0.15, -0.1) is 0 Å². The minimum absolute atomic E-state index is 0.284. The van der Waals surface area contributed by atoms with Crippen molar-refractivity contribution in [2.45, 2.75) is 12.8 Å². The van der Waals surface area contributed by atoms with Gasteiger partial charge in [0.2, 0.25) is 5.91 Å². The molecule has 1 aromatic heterocycles. The molecule has 0 unspecified atom stereocenters. The number of nitrogens with two attached hydrogens (primary N) is 1. The van der Waals surface area contributed by atoms with Crippen molar-refractivity contribution < 1.29 is 4.79 Å². The maximum atomic E-state index is 10.4. The lowest BCUT2D eigenvalue weighted by molar-refractivity contribution is -0.118. The number of carbonyl (C=O) groups excluding carboxylic acids is 1. The molecule has 0 radical (unpaired) electrons. The van der Waals surface area contributed by atoms with Crippen LogP contribution in [0.5, 0.6) is 0 Å². The molecular weight excluding hydrogens is 142 g/mol. The molecular formula is C7H11N3O. The van der Waals surface area contributed by atoms with Gasteiger partial charge >= 0.3 is 0 Å². The Kier molecular flexibility index (Phi) is 2.25. The van der Waals surface area contributed by atoms with E-state index in [-0.39, 0.29) is 5.91 Å². The van der Waals surface area contributed by atoms with E-state index in [0.717, 1.165) is 5.82 Å². The van der Waals surface area contributed by atoms with Crippen LogP contribution in [0.4, 0.5) is 0 Å². The van der Waals surface area contributed by atoms with Crippen LogP contribution < -0.4 is 5.73 Å². The molecule has 0 aliphatic rings. The van der Waals surface area contributed by atoms with Gasteiger partial charge in [0.25, 0.3) is 0 Å². The van der Waals surface area contributed by atoms with E-state index in [2.05, 4.69) is 4.98 Å². The van der Waals surface area contributed by atoms with Crippen molar-refractivity contribution in [1.82, 2.24) is 9.55 Å². The molecule has 2 N–H and O–H groups in total. The SMILES string of the molecule is Cn1ccnc1CCC(N)=O. The molecule has 0 aliphatic heterocycles. The normalized spacial score (nSPS) is 9.91. The van der Waals surface area contributed by atoms with Crippen molar-refractivity contribution in [3.8, 4) is 0 Å². The fourth-order valence-electron chi connectivity index (χ4n) is 0.872. The van der Waals surface area contributed by atoms with Crippen molar-refractivity contribution in [2.75, 3.05) is 0 Å². The van der Waals surface area contributed by atoms with Gasteiger partial charge < -0.3 is 10.3 Å². The van der Waals surface area contributed by atoms with E-state index in [0.29, 0.717) is 12.8 Å². The molecule has 0 aliphatic carbocycles. The van der Waals surface area contributed by atoms with Crippen LogP contribution in [0.25, 0.3) is 0 Å². The van der Waals surface area contributed by atoms with E-state index in [9.17, 15) is 4.79 Å². The average molecular weight is 153 g/mol. The lowest BCUT2D eigenvalue weighted by Gasteiger charge is -1.97. The minimum atomic E-state index is -0.284. The number of amides is 1. The van der Waals surface area contributed by atoms with Gasteiger partial charge in [0.05, 0.1) is 0 Å². The average Bonchev–Trinajstić information content (AvgIpc) is 2.31. The zero-order valence-corrected chi connectivity index (χ0v) is 6.45. The molecule has 1 aromatic rings. The monoisotopic (exact) mass is 153 g/mol. The summed E-state index contributed by atoms with van der Waals surface area (Å²) in [6.45, 7) is 0. The van der Waals surface area contributed by atoms with Gasteiger partial charge in [-0.25, -0.2) is 4.98 Å². The van der Waals surface area contributed by atoms with E-state index in [1.165, 1.54) is 0 Å². The first kappa shape index (κ1) is 7.78. The fraction of sp³-hybridized carbons (Fsp3) is 0.429. The summed E-state index contributed by atoms with van der Waals surface area (Å²) < 4.78 is 1.88. The summed E-state index contributed by atoms with van der Waals surface area (Å²) in [6, 6.07) is 0. The molecule has 1 rings (SSSR count). The highest BCUT2D eigenvalue weighted by atomic mass is 16.1. The summed E-state index contributed by atoms with van der Waals surface area (Å²) in [7, 11) is 1.89. The van der Waals surface area contributed by atoms with E-state index in [1.807, 2.05) is 17.8 Å². The van der Waals surface area contributed by atoms with Crippen LogP contribution in [0.2, 0.25) is 0 Å². The van der Waals surface area contributed by atoms with Crippen molar-refractivity contribution in [1.29, 1.82) is 0 Å². The Hall–Kier alpha value is -1.32. The Morgan fingerprint density at radius 1 is 1.82 bits per heavy atom. The third-order valence-electron chi connectivity index (χ3n) is 1.52. The molecule has 0 aromatic carbocycles. The smallest absolute Gasteiger partial charge is 0.217 e. The first-order valence-electron chi connectivity index (χ1n) is 3.44. The molecule has 4 nitrogen and oxygen atoms in total. The zero-order chi connectivity index (χ0) is 8.27. The number of primary amides is 1. The molecule has 1 heterocycles. The van der Waals surface area contributed by atoms with Gasteiger partial charge in [-0.3, -0.25) is 4.79 Å². The largest absolute Gasteiger partial charge is 0.370 e. The number of rotatable bonds is 3. The minimum Gasteiger partial charge on any atom is -0.370 e. The second-order valence-electron chi connectivity index (χ2n) is 2.42. The molecule has 1 amide bonds. The third kappa shape index (κ3) is 2.07. The quantitative estimate of drug-likeness (QED) is 0.655. The van der Waals surface area contributed by atoms with Gasteiger partial charge in [-0.05, 0) is 0 Å². The predicted octanol–water partition coefficient (Wildman–Crippen LogP) is -0.162. The first-order chi connectivity index (χ1) is 5.20. The van der Waals surface area contributed by atoms with Crippen LogP contribution in [-0.4, -0.2) is 15.5 Å². The molecule has 0 saturated heterocycles. The lowest BCUT2D eigenvalue weighted by atomic mass is 10.3. The van der Waals surface area contributed by atoms with E-state index in [1.54, 1.807) is 6.20 Å². The van der Waals surface area contributed by atoms with Crippen LogP contribution in [-0.2, 0) is 18.3 Å². The summed E-state index contributed by atoms with van der Waals surface area (Å²) in [5, 5.41) is 0. The van der Waals surface area contributed by atoms with Crippen molar-refractivity contribution in [3.05, 3.63) is 18.2 Å². The zero-order valence-electron chi connectivity index (χ0n) is 6.45. The number of carbonyl (C=O) groups is 1. The van der Waals surface area contributed by atoms with Gasteiger partial charge in [0, 0.05) is 32.3 Å². The highest BCUT2D eigenvalue weighted by molar-refractivity contribution is 5.73. The van der Waals surface area contributed by atoms with Crippen LogP contribution in [0.3, 0.4) is 0 Å². The van der Waals surface area contributed by atoms with E-state index >= 15 is 0 Å². The van der Waals surface area contributed by atoms with Gasteiger partial charge in [0.15, 0.2) is 0 Å². The van der Waals surface area contributed by atoms with E-state index in [4.69, 9.17) is 5.73 Å². The molecule has 60 valence electrons. The molecule has 0 saturated carbocycles. The van der Waals surface area contributed by atoms with Crippen molar-refractivity contribution >= 4 is 5.91 Å².